The molecule has 0 spiro atoms. The molecule has 0 saturated carbocycles. The van der Waals surface area contributed by atoms with Crippen LogP contribution < -0.4 is 10.3 Å². The molecule has 2 rings (SSSR count). The van der Waals surface area contributed by atoms with Crippen molar-refractivity contribution in [3.8, 4) is 0 Å². The van der Waals surface area contributed by atoms with E-state index in [1.807, 2.05) is 33.2 Å². The Hall–Kier alpha value is -1.97. The highest BCUT2D eigenvalue weighted by Gasteiger charge is 2.06. The first-order valence-electron chi connectivity index (χ1n) is 5.04. The van der Waals surface area contributed by atoms with Crippen molar-refractivity contribution in [3.63, 3.8) is 0 Å². The molecule has 0 amide bonds. The quantitative estimate of drug-likeness (QED) is 0.720. The van der Waals surface area contributed by atoms with Crippen LogP contribution in [0.2, 0.25) is 0 Å². The Morgan fingerprint density at radius 1 is 1.12 bits per heavy atom. The van der Waals surface area contributed by atoms with Gasteiger partial charge in [0.2, 0.25) is 11.4 Å². The molecule has 16 heavy (non-hydrogen) atoms. The predicted octanol–water partition coefficient (Wildman–Crippen LogP) is 1.36. The Morgan fingerprint density at radius 2 is 1.81 bits per heavy atom. The van der Waals surface area contributed by atoms with E-state index in [1.54, 1.807) is 11.0 Å². The van der Waals surface area contributed by atoms with E-state index in [4.69, 9.17) is 0 Å². The Kier molecular flexibility index (Phi) is 2.56. The van der Waals surface area contributed by atoms with Gasteiger partial charge < -0.3 is 4.90 Å². The van der Waals surface area contributed by atoms with E-state index >= 15 is 0 Å². The van der Waals surface area contributed by atoms with Gasteiger partial charge in [0.1, 0.15) is 5.52 Å². The van der Waals surface area contributed by atoms with Crippen LogP contribution in [0.5, 0.6) is 0 Å². The summed E-state index contributed by atoms with van der Waals surface area (Å²) in [5, 5.41) is 0.806. The molecule has 4 nitrogen and oxygen atoms in total. The second-order valence-electron chi connectivity index (χ2n) is 3.85. The lowest BCUT2D eigenvalue weighted by Crippen LogP contribution is -2.14. The van der Waals surface area contributed by atoms with Gasteiger partial charge in [0.25, 0.3) is 0 Å². The Labute approximate surface area is 93.6 Å². The highest BCUT2D eigenvalue weighted by molar-refractivity contribution is 5.80. The maximum atomic E-state index is 11.8. The number of anilines is 1. The van der Waals surface area contributed by atoms with Gasteiger partial charge in [0.05, 0.1) is 5.69 Å². The smallest absolute Gasteiger partial charge is 0.225 e. The molecule has 1 aromatic carbocycles. The molecule has 1 aromatic heterocycles. The van der Waals surface area contributed by atoms with E-state index in [9.17, 15) is 4.79 Å². The zero-order chi connectivity index (χ0) is 11.7. The standard InChI is InChI=1S/C12H13N3O/c1-8-9-6-4-5-7-10(16)11(9)14-12(13-8)15(2)3/h4-7H,1-3H3. The summed E-state index contributed by atoms with van der Waals surface area (Å²) in [6, 6.07) is 6.94. The summed E-state index contributed by atoms with van der Waals surface area (Å²) in [6.45, 7) is 1.89. The molecular formula is C12H13N3O. The van der Waals surface area contributed by atoms with Crippen molar-refractivity contribution in [1.29, 1.82) is 0 Å². The molecule has 0 aliphatic heterocycles. The summed E-state index contributed by atoms with van der Waals surface area (Å²) in [5.41, 5.74) is 1.22. The van der Waals surface area contributed by atoms with Crippen LogP contribution in [-0.2, 0) is 0 Å². The van der Waals surface area contributed by atoms with Crippen molar-refractivity contribution < 1.29 is 0 Å². The maximum absolute atomic E-state index is 11.8. The van der Waals surface area contributed by atoms with Crippen LogP contribution in [0.4, 0.5) is 5.95 Å². The molecule has 1 heterocycles. The predicted molar refractivity (Wildman–Crippen MR) is 64.9 cm³/mol. The molecule has 2 aromatic rings. The Balaban J connectivity index is 2.92. The fourth-order valence-electron chi connectivity index (χ4n) is 1.53. The van der Waals surface area contributed by atoms with E-state index in [0.29, 0.717) is 11.5 Å². The molecule has 0 radical (unpaired) electrons. The van der Waals surface area contributed by atoms with Gasteiger partial charge in [-0.05, 0) is 13.0 Å². The third-order valence-corrected chi connectivity index (χ3v) is 2.38. The molecule has 4 heteroatoms. The fourth-order valence-corrected chi connectivity index (χ4v) is 1.53. The van der Waals surface area contributed by atoms with Crippen molar-refractivity contribution in [1.82, 2.24) is 9.97 Å². The molecule has 0 aliphatic rings. The number of hydrogen-bond acceptors (Lipinski definition) is 4. The van der Waals surface area contributed by atoms with E-state index in [1.165, 1.54) is 6.07 Å². The first-order valence-corrected chi connectivity index (χ1v) is 5.04. The minimum atomic E-state index is -0.0754. The monoisotopic (exact) mass is 215 g/mol. The second kappa shape index (κ2) is 3.89. The molecular weight excluding hydrogens is 202 g/mol. The third-order valence-electron chi connectivity index (χ3n) is 2.38. The topological polar surface area (TPSA) is 46.1 Å². The minimum absolute atomic E-state index is 0.0754. The zero-order valence-electron chi connectivity index (χ0n) is 9.56. The van der Waals surface area contributed by atoms with E-state index < -0.39 is 0 Å². The molecule has 0 atom stereocenters. The summed E-state index contributed by atoms with van der Waals surface area (Å²) in [4.78, 5) is 22.2. The highest BCUT2D eigenvalue weighted by Crippen LogP contribution is 2.14. The van der Waals surface area contributed by atoms with Gasteiger partial charge in [-0.3, -0.25) is 4.79 Å². The van der Waals surface area contributed by atoms with Gasteiger partial charge in [0, 0.05) is 19.5 Å². The van der Waals surface area contributed by atoms with Gasteiger partial charge >= 0.3 is 0 Å². The third kappa shape index (κ3) is 1.74. The molecule has 0 N–H and O–H groups in total. The average molecular weight is 215 g/mol. The van der Waals surface area contributed by atoms with Crippen LogP contribution >= 0.6 is 0 Å². The number of aromatic nitrogens is 2. The summed E-state index contributed by atoms with van der Waals surface area (Å²) in [7, 11) is 3.71. The van der Waals surface area contributed by atoms with E-state index in [2.05, 4.69) is 9.97 Å². The van der Waals surface area contributed by atoms with Crippen LogP contribution in [0.1, 0.15) is 5.69 Å². The van der Waals surface area contributed by atoms with Crippen molar-refractivity contribution >= 4 is 16.9 Å². The van der Waals surface area contributed by atoms with Crippen molar-refractivity contribution in [2.24, 2.45) is 0 Å². The first kappa shape index (κ1) is 10.5. The van der Waals surface area contributed by atoms with E-state index in [0.717, 1.165) is 11.1 Å². The van der Waals surface area contributed by atoms with Gasteiger partial charge in [0.15, 0.2) is 0 Å². The number of fused-ring (bicyclic) bond motifs is 1. The summed E-state index contributed by atoms with van der Waals surface area (Å²) < 4.78 is 0. The Morgan fingerprint density at radius 3 is 2.50 bits per heavy atom. The van der Waals surface area contributed by atoms with E-state index in [-0.39, 0.29) is 5.43 Å². The average Bonchev–Trinajstić information content (AvgIpc) is 2.41. The summed E-state index contributed by atoms with van der Waals surface area (Å²) in [6.07, 6.45) is 0. The largest absolute Gasteiger partial charge is 0.347 e. The maximum Gasteiger partial charge on any atom is 0.225 e. The van der Waals surface area contributed by atoms with Crippen molar-refractivity contribution in [2.45, 2.75) is 6.92 Å². The van der Waals surface area contributed by atoms with Gasteiger partial charge in [-0.2, -0.15) is 0 Å². The molecule has 0 saturated heterocycles. The number of hydrogen-bond donors (Lipinski definition) is 0. The highest BCUT2D eigenvalue weighted by atomic mass is 16.1. The number of aryl methyl sites for hydroxylation is 1. The van der Waals surface area contributed by atoms with Gasteiger partial charge in [-0.1, -0.05) is 18.2 Å². The minimum Gasteiger partial charge on any atom is -0.347 e. The molecule has 82 valence electrons. The van der Waals surface area contributed by atoms with Crippen LogP contribution in [0.15, 0.2) is 29.1 Å². The normalized spacial score (nSPS) is 10.4. The molecule has 0 unspecified atom stereocenters. The molecule has 0 aliphatic carbocycles. The van der Waals surface area contributed by atoms with Crippen molar-refractivity contribution in [3.05, 3.63) is 40.2 Å². The lowest BCUT2D eigenvalue weighted by atomic mass is 10.2. The SMILES string of the molecule is Cc1nc(N(C)C)nc2c(=O)ccccc12. The number of rotatable bonds is 1. The second-order valence-corrected chi connectivity index (χ2v) is 3.85. The molecule has 0 bridgehead atoms. The lowest BCUT2D eigenvalue weighted by Gasteiger charge is -2.10. The fraction of sp³-hybridized carbons (Fsp3) is 0.250. The van der Waals surface area contributed by atoms with Crippen LogP contribution in [0.3, 0.4) is 0 Å². The molecule has 0 fully saturated rings. The van der Waals surface area contributed by atoms with Gasteiger partial charge in [-0.15, -0.1) is 0 Å². The van der Waals surface area contributed by atoms with Crippen molar-refractivity contribution in [2.75, 3.05) is 19.0 Å². The summed E-state index contributed by atoms with van der Waals surface area (Å²) >= 11 is 0. The summed E-state index contributed by atoms with van der Waals surface area (Å²) in [5.74, 6) is 0.563. The first-order chi connectivity index (χ1) is 7.59. The lowest BCUT2D eigenvalue weighted by molar-refractivity contribution is 0.998. The van der Waals surface area contributed by atoms with Crippen LogP contribution in [0.25, 0.3) is 10.9 Å². The van der Waals surface area contributed by atoms with Crippen LogP contribution in [0, 0.1) is 6.92 Å². The number of nitrogens with zero attached hydrogens (tertiary/aromatic N) is 3. The Bertz CT molecular complexity index is 593. The van der Waals surface area contributed by atoms with Gasteiger partial charge in [-0.25, -0.2) is 9.97 Å². The van der Waals surface area contributed by atoms with Crippen LogP contribution in [-0.4, -0.2) is 24.1 Å². The zero-order valence-corrected chi connectivity index (χ0v) is 9.56.